The fraction of sp³-hybridized carbons (Fsp3) is 0.440. The third-order valence-electron chi connectivity index (χ3n) is 6.34. The van der Waals surface area contributed by atoms with E-state index in [0.717, 1.165) is 16.4 Å². The Morgan fingerprint density at radius 3 is 2.06 bits per heavy atom. The zero-order valence-electron chi connectivity index (χ0n) is 19.2. The number of halogens is 1. The molecule has 2 aromatic rings. The lowest BCUT2D eigenvalue weighted by molar-refractivity contribution is -0.136. The third kappa shape index (κ3) is 4.13. The van der Waals surface area contributed by atoms with Gasteiger partial charge in [0.05, 0.1) is 6.61 Å². The minimum Gasteiger partial charge on any atom is -0.404 e. The molecule has 7 heteroatoms. The van der Waals surface area contributed by atoms with Gasteiger partial charge >= 0.3 is 0 Å². The van der Waals surface area contributed by atoms with E-state index in [9.17, 15) is 5.11 Å². The first-order valence-corrected chi connectivity index (χ1v) is 12.7. The number of aliphatic hydroxyl groups excluding tert-OH is 1. The predicted molar refractivity (Wildman–Crippen MR) is 129 cm³/mol. The molecule has 2 aromatic carbocycles. The summed E-state index contributed by atoms with van der Waals surface area (Å²) in [5, 5.41) is 12.3. The van der Waals surface area contributed by atoms with Gasteiger partial charge in [-0.05, 0) is 15.4 Å². The van der Waals surface area contributed by atoms with E-state index in [1.807, 2.05) is 36.4 Å². The van der Waals surface area contributed by atoms with Crippen molar-refractivity contribution >= 4 is 26.5 Å². The summed E-state index contributed by atoms with van der Waals surface area (Å²) in [6, 6.07) is 19.0. The van der Waals surface area contributed by atoms with Crippen molar-refractivity contribution in [3.05, 3.63) is 73.3 Å². The van der Waals surface area contributed by atoms with Crippen LogP contribution in [-0.4, -0.2) is 65.0 Å². The summed E-state index contributed by atoms with van der Waals surface area (Å²) in [7, 11) is 4.40. The van der Waals surface area contributed by atoms with Crippen LogP contribution in [0.3, 0.4) is 0 Å². The number of ether oxygens (including phenoxy) is 2. The molecule has 5 atom stereocenters. The van der Waals surface area contributed by atoms with Crippen LogP contribution in [-0.2, 0) is 13.9 Å². The molecule has 0 aliphatic carbocycles. The summed E-state index contributed by atoms with van der Waals surface area (Å²) in [6.45, 7) is 9.85. The second kappa shape index (κ2) is 9.61. The molecule has 0 bridgehead atoms. The minimum atomic E-state index is -2.97. The van der Waals surface area contributed by atoms with E-state index in [1.165, 1.54) is 7.11 Å². The normalized spacial score (nSPS) is 27.2. The highest BCUT2D eigenvalue weighted by Gasteiger charge is 2.60. The van der Waals surface area contributed by atoms with Gasteiger partial charge in [-0.2, -0.15) is 0 Å². The van der Waals surface area contributed by atoms with Crippen molar-refractivity contribution in [2.45, 2.75) is 55.8 Å². The summed E-state index contributed by atoms with van der Waals surface area (Å²) in [4.78, 5) is 0. The predicted octanol–water partition coefficient (Wildman–Crippen LogP) is 2.73. The topological polar surface area (TPSA) is 47.9 Å². The van der Waals surface area contributed by atoms with E-state index in [4.69, 9.17) is 21.7 Å². The van der Waals surface area contributed by atoms with Gasteiger partial charge in [-0.25, -0.2) is 4.39 Å². The van der Waals surface area contributed by atoms with Crippen LogP contribution in [0.5, 0.6) is 0 Å². The summed E-state index contributed by atoms with van der Waals surface area (Å²) in [6.07, 6.45) is -2.72. The first-order valence-electron chi connectivity index (χ1n) is 10.8. The molecule has 170 valence electrons. The quantitative estimate of drug-likeness (QED) is 0.492. The minimum absolute atomic E-state index is 0.156. The van der Waals surface area contributed by atoms with Gasteiger partial charge in [0.1, 0.15) is 20.1 Å². The maximum absolute atomic E-state index is 15.4. The third-order valence-corrected chi connectivity index (χ3v) is 11.3. The van der Waals surface area contributed by atoms with Gasteiger partial charge in [0.25, 0.3) is 8.32 Å². The van der Waals surface area contributed by atoms with E-state index >= 15 is 4.39 Å². The van der Waals surface area contributed by atoms with Crippen LogP contribution in [0.15, 0.2) is 73.3 Å². The van der Waals surface area contributed by atoms with Crippen molar-refractivity contribution in [1.29, 1.82) is 0 Å². The maximum Gasteiger partial charge on any atom is 0.261 e. The average molecular weight is 454 g/mol. The van der Waals surface area contributed by atoms with E-state index in [0.29, 0.717) is 0 Å². The first kappa shape index (κ1) is 24.9. The van der Waals surface area contributed by atoms with Crippen molar-refractivity contribution in [2.75, 3.05) is 13.7 Å². The number of hydrogen-bond donors (Lipinski definition) is 1. The van der Waals surface area contributed by atoms with Gasteiger partial charge in [0.2, 0.25) is 0 Å². The Morgan fingerprint density at radius 1 is 1.16 bits per heavy atom. The van der Waals surface area contributed by atoms with E-state index in [1.54, 1.807) is 0 Å². The smallest absolute Gasteiger partial charge is 0.261 e. The molecule has 0 aromatic heterocycles. The van der Waals surface area contributed by atoms with Crippen LogP contribution in [0.4, 0.5) is 4.39 Å². The molecule has 3 rings (SSSR count). The lowest BCUT2D eigenvalue weighted by Gasteiger charge is -2.46. The molecule has 1 aliphatic rings. The molecule has 0 spiro atoms. The Labute approximate surface area is 192 Å². The Morgan fingerprint density at radius 2 is 1.66 bits per heavy atom. The maximum atomic E-state index is 15.4. The van der Waals surface area contributed by atoms with Gasteiger partial charge in [-0.3, -0.25) is 0 Å². The van der Waals surface area contributed by atoms with Crippen molar-refractivity contribution < 1.29 is 23.4 Å². The second-order valence-electron chi connectivity index (χ2n) is 9.27. The fourth-order valence-corrected chi connectivity index (χ4v) is 9.39. The molecular formula is C25H32BFO4Si. The Hall–Kier alpha value is -1.77. The van der Waals surface area contributed by atoms with Crippen molar-refractivity contribution in [3.8, 4) is 0 Å². The van der Waals surface area contributed by atoms with Crippen molar-refractivity contribution in [2.24, 2.45) is 0 Å². The molecule has 0 amide bonds. The average Bonchev–Trinajstić information content (AvgIpc) is 3.04. The van der Waals surface area contributed by atoms with Gasteiger partial charge in [-0.15, -0.1) is 6.58 Å². The molecule has 4 nitrogen and oxygen atoms in total. The monoisotopic (exact) mass is 454 g/mol. The number of hydrogen-bond acceptors (Lipinski definition) is 4. The van der Waals surface area contributed by atoms with E-state index in [2.05, 4.69) is 51.6 Å². The van der Waals surface area contributed by atoms with Gasteiger partial charge in [0.15, 0.2) is 11.8 Å². The van der Waals surface area contributed by atoms with Crippen LogP contribution >= 0.6 is 0 Å². The highest BCUT2D eigenvalue weighted by Crippen LogP contribution is 2.41. The molecule has 1 N–H and O–H groups in total. The lowest BCUT2D eigenvalue weighted by Crippen LogP contribution is -2.69. The van der Waals surface area contributed by atoms with Gasteiger partial charge < -0.3 is 19.0 Å². The SMILES string of the molecule is [B][C@@H]1O[C@@](CO[Si](c2ccccc2)(c2ccccc2)C(C)(C)C)(C(F)C=C)[C@@H](OC)[C@H]1O. The van der Waals surface area contributed by atoms with Gasteiger partial charge in [-0.1, -0.05) is 87.5 Å². The number of methoxy groups -OCH3 is 1. The summed E-state index contributed by atoms with van der Waals surface area (Å²) >= 11 is 0. The zero-order valence-corrected chi connectivity index (χ0v) is 20.2. The van der Waals surface area contributed by atoms with Gasteiger partial charge in [0, 0.05) is 13.1 Å². The second-order valence-corrected chi connectivity index (χ2v) is 13.6. The lowest BCUT2D eigenvalue weighted by atomic mass is 9.87. The van der Waals surface area contributed by atoms with Crippen LogP contribution in [0, 0.1) is 0 Å². The Kier molecular flexibility index (Phi) is 7.47. The van der Waals surface area contributed by atoms with E-state index < -0.39 is 38.3 Å². The molecule has 2 radical (unpaired) electrons. The standard InChI is InChI=1S/C25H32BFO4Si/c1-6-20(27)25(22(29-5)21(28)23(26)31-25)17-30-32(24(2,3)4,18-13-9-7-10-14-18)19-15-11-8-12-16-19/h6-16,20-23,28H,1,17H2,2-5H3/t20?,21-,22+,23-,25+/m1/s1. The van der Waals surface area contributed by atoms with Crippen LogP contribution in [0.2, 0.25) is 5.04 Å². The first-order chi connectivity index (χ1) is 15.1. The molecule has 0 saturated carbocycles. The molecule has 1 unspecified atom stereocenters. The van der Waals surface area contributed by atoms with Crippen LogP contribution in [0.1, 0.15) is 20.8 Å². The van der Waals surface area contributed by atoms with Crippen molar-refractivity contribution in [1.82, 2.24) is 0 Å². The summed E-state index contributed by atoms with van der Waals surface area (Å²) in [5.74, 6) is 0. The highest BCUT2D eigenvalue weighted by atomic mass is 28.4. The molecular weight excluding hydrogens is 422 g/mol. The molecule has 1 heterocycles. The van der Waals surface area contributed by atoms with Crippen LogP contribution < -0.4 is 10.4 Å². The Balaban J connectivity index is 2.16. The van der Waals surface area contributed by atoms with E-state index in [-0.39, 0.29) is 11.6 Å². The highest BCUT2D eigenvalue weighted by molar-refractivity contribution is 6.99. The summed E-state index contributed by atoms with van der Waals surface area (Å²) in [5.41, 5.74) is -1.62. The molecule has 32 heavy (non-hydrogen) atoms. The number of benzene rings is 2. The summed E-state index contributed by atoms with van der Waals surface area (Å²) < 4.78 is 33.6. The Bertz CT molecular complexity index is 852. The number of alkyl halides is 1. The molecule has 1 aliphatic heterocycles. The largest absolute Gasteiger partial charge is 0.404 e. The number of rotatable bonds is 8. The zero-order chi connectivity index (χ0) is 23.6. The van der Waals surface area contributed by atoms with Crippen molar-refractivity contribution in [3.63, 3.8) is 0 Å². The molecule has 1 saturated heterocycles. The number of aliphatic hydroxyl groups is 1. The molecule has 1 fully saturated rings. The van der Waals surface area contributed by atoms with Crippen LogP contribution in [0.25, 0.3) is 0 Å². The fourth-order valence-electron chi connectivity index (χ4n) is 4.79.